The lowest BCUT2D eigenvalue weighted by atomic mass is 9.80. The van der Waals surface area contributed by atoms with Crippen LogP contribution in [0.15, 0.2) is 24.3 Å². The number of hydrogen-bond donors (Lipinski definition) is 0. The third-order valence-corrected chi connectivity index (χ3v) is 5.49. The molecular formula is C21H24F2O3. The van der Waals surface area contributed by atoms with Crippen molar-refractivity contribution in [3.8, 4) is 5.75 Å². The van der Waals surface area contributed by atoms with E-state index >= 15 is 0 Å². The van der Waals surface area contributed by atoms with Crippen molar-refractivity contribution < 1.29 is 23.0 Å². The predicted molar refractivity (Wildman–Crippen MR) is 95.5 cm³/mol. The summed E-state index contributed by atoms with van der Waals surface area (Å²) in [4.78, 5) is 0. The summed E-state index contributed by atoms with van der Waals surface area (Å²) >= 11 is 0. The molecule has 0 radical (unpaired) electrons. The first-order valence-electron chi connectivity index (χ1n) is 9.44. The maximum Gasteiger partial charge on any atom is 0.168 e. The molecule has 1 heterocycles. The highest BCUT2D eigenvalue weighted by atomic mass is 19.2. The Morgan fingerprint density at radius 1 is 1.08 bits per heavy atom. The molecule has 0 unspecified atom stereocenters. The highest BCUT2D eigenvalue weighted by Gasteiger charge is 2.41. The van der Waals surface area contributed by atoms with Gasteiger partial charge in [0.25, 0.3) is 0 Å². The van der Waals surface area contributed by atoms with E-state index < -0.39 is 17.4 Å². The van der Waals surface area contributed by atoms with Crippen LogP contribution in [0.1, 0.15) is 50.5 Å². The van der Waals surface area contributed by atoms with Crippen LogP contribution in [0.25, 0.3) is 10.8 Å². The first kappa shape index (κ1) is 17.7. The van der Waals surface area contributed by atoms with E-state index in [9.17, 15) is 8.78 Å². The minimum absolute atomic E-state index is 0.0108. The van der Waals surface area contributed by atoms with E-state index in [0.717, 1.165) is 32.1 Å². The molecule has 1 aliphatic carbocycles. The van der Waals surface area contributed by atoms with E-state index in [1.807, 2.05) is 13.0 Å². The largest absolute Gasteiger partial charge is 0.494 e. The van der Waals surface area contributed by atoms with Crippen LogP contribution in [0.4, 0.5) is 8.78 Å². The first-order chi connectivity index (χ1) is 12.6. The van der Waals surface area contributed by atoms with Crippen molar-refractivity contribution in [3.63, 3.8) is 0 Å². The van der Waals surface area contributed by atoms with Gasteiger partial charge in [0.2, 0.25) is 0 Å². The maximum absolute atomic E-state index is 14.8. The molecule has 2 fully saturated rings. The van der Waals surface area contributed by atoms with E-state index in [0.29, 0.717) is 36.5 Å². The van der Waals surface area contributed by atoms with Crippen LogP contribution >= 0.6 is 0 Å². The normalized spacial score (nSPS) is 20.1. The minimum atomic E-state index is -0.784. The average Bonchev–Trinajstić information content (AvgIpc) is 3.12. The monoisotopic (exact) mass is 362 g/mol. The minimum Gasteiger partial charge on any atom is -0.494 e. The highest BCUT2D eigenvalue weighted by Crippen LogP contribution is 2.44. The second-order valence-electron chi connectivity index (χ2n) is 7.21. The number of rotatable bonds is 4. The number of benzene rings is 2. The van der Waals surface area contributed by atoms with Crippen molar-refractivity contribution in [2.45, 2.75) is 50.7 Å². The molecule has 0 bridgehead atoms. The Bertz CT molecular complexity index is 789. The lowest BCUT2D eigenvalue weighted by Crippen LogP contribution is -2.34. The van der Waals surface area contributed by atoms with Crippen molar-refractivity contribution in [2.24, 2.45) is 0 Å². The van der Waals surface area contributed by atoms with Gasteiger partial charge < -0.3 is 14.2 Å². The zero-order valence-electron chi connectivity index (χ0n) is 15.0. The number of hydrogen-bond acceptors (Lipinski definition) is 3. The van der Waals surface area contributed by atoms with Crippen LogP contribution in [0, 0.1) is 11.6 Å². The Labute approximate surface area is 152 Å². The van der Waals surface area contributed by atoms with Crippen LogP contribution in [-0.2, 0) is 9.47 Å². The fourth-order valence-electron chi connectivity index (χ4n) is 4.09. The van der Waals surface area contributed by atoms with Gasteiger partial charge in [0.1, 0.15) is 5.75 Å². The molecule has 0 amide bonds. The molecule has 1 spiro atoms. The average molecular weight is 362 g/mol. The molecule has 0 N–H and O–H groups in total. The Balaban J connectivity index is 1.61. The molecule has 2 aromatic rings. The lowest BCUT2D eigenvalue weighted by Gasteiger charge is -2.35. The predicted octanol–water partition coefficient (Wildman–Crippen LogP) is 5.31. The quantitative estimate of drug-likeness (QED) is 0.738. The molecule has 0 atom stereocenters. The van der Waals surface area contributed by atoms with Gasteiger partial charge >= 0.3 is 0 Å². The summed E-state index contributed by atoms with van der Waals surface area (Å²) in [5, 5.41) is 0.978. The zero-order chi connectivity index (χ0) is 18.1. The highest BCUT2D eigenvalue weighted by molar-refractivity contribution is 5.85. The summed E-state index contributed by atoms with van der Waals surface area (Å²) in [5.74, 6) is -1.45. The van der Waals surface area contributed by atoms with E-state index in [1.165, 1.54) is 0 Å². The van der Waals surface area contributed by atoms with Gasteiger partial charge in [-0.05, 0) is 54.3 Å². The summed E-state index contributed by atoms with van der Waals surface area (Å²) in [6.07, 6.45) is 3.78. The Hall–Kier alpha value is -1.72. The van der Waals surface area contributed by atoms with Crippen LogP contribution in [-0.4, -0.2) is 25.6 Å². The SMILES string of the molecule is CCCOc1ccc2cc(C3CCC4(CC3)OCCO4)c(F)c(F)c2c1. The topological polar surface area (TPSA) is 27.7 Å². The van der Waals surface area contributed by atoms with Crippen molar-refractivity contribution in [2.75, 3.05) is 19.8 Å². The van der Waals surface area contributed by atoms with Crippen molar-refractivity contribution >= 4 is 10.8 Å². The van der Waals surface area contributed by atoms with Gasteiger partial charge in [0, 0.05) is 18.2 Å². The molecule has 1 saturated carbocycles. The molecule has 0 aromatic heterocycles. The molecule has 5 heteroatoms. The van der Waals surface area contributed by atoms with Gasteiger partial charge in [-0.3, -0.25) is 0 Å². The Morgan fingerprint density at radius 3 is 2.50 bits per heavy atom. The van der Waals surface area contributed by atoms with Crippen LogP contribution < -0.4 is 4.74 Å². The van der Waals surface area contributed by atoms with Gasteiger partial charge in [-0.1, -0.05) is 13.0 Å². The molecule has 1 aliphatic heterocycles. The summed E-state index contributed by atoms with van der Waals surface area (Å²) in [5.41, 5.74) is 0.463. The van der Waals surface area contributed by atoms with Crippen molar-refractivity contribution in [1.82, 2.24) is 0 Å². The lowest BCUT2D eigenvalue weighted by molar-refractivity contribution is -0.178. The summed E-state index contributed by atoms with van der Waals surface area (Å²) in [7, 11) is 0. The van der Waals surface area contributed by atoms with Crippen molar-refractivity contribution in [1.29, 1.82) is 0 Å². The number of halogens is 2. The van der Waals surface area contributed by atoms with Crippen LogP contribution in [0.5, 0.6) is 5.75 Å². The molecular weight excluding hydrogens is 338 g/mol. The summed E-state index contributed by atoms with van der Waals surface area (Å²) in [6, 6.07) is 6.99. The molecule has 26 heavy (non-hydrogen) atoms. The van der Waals surface area contributed by atoms with E-state index in [-0.39, 0.29) is 11.3 Å². The third kappa shape index (κ3) is 3.19. The number of fused-ring (bicyclic) bond motifs is 1. The van der Waals surface area contributed by atoms with Gasteiger partial charge in [0.15, 0.2) is 17.4 Å². The summed E-state index contributed by atoms with van der Waals surface area (Å²) in [6.45, 7) is 3.79. The zero-order valence-corrected chi connectivity index (χ0v) is 15.0. The second kappa shape index (κ2) is 7.12. The maximum atomic E-state index is 14.8. The Morgan fingerprint density at radius 2 is 1.81 bits per heavy atom. The molecule has 3 nitrogen and oxygen atoms in total. The molecule has 1 saturated heterocycles. The number of ether oxygens (including phenoxy) is 3. The third-order valence-electron chi connectivity index (χ3n) is 5.49. The van der Waals surface area contributed by atoms with Gasteiger partial charge in [-0.2, -0.15) is 0 Å². The van der Waals surface area contributed by atoms with Gasteiger partial charge in [-0.15, -0.1) is 0 Å². The molecule has 2 aromatic carbocycles. The second-order valence-corrected chi connectivity index (χ2v) is 7.21. The van der Waals surface area contributed by atoms with Crippen LogP contribution in [0.2, 0.25) is 0 Å². The fraction of sp³-hybridized carbons (Fsp3) is 0.524. The standard InChI is InChI=1S/C21H24F2O3/c1-2-9-24-16-4-3-15-12-17(19(22)20(23)18(15)13-16)14-5-7-21(8-6-14)25-10-11-26-21/h3-4,12-14H,2,5-11H2,1H3. The Kier molecular flexibility index (Phi) is 4.84. The van der Waals surface area contributed by atoms with Crippen molar-refractivity contribution in [3.05, 3.63) is 41.5 Å². The molecule has 140 valence electrons. The van der Waals surface area contributed by atoms with E-state index in [4.69, 9.17) is 14.2 Å². The first-order valence-corrected chi connectivity index (χ1v) is 9.44. The van der Waals surface area contributed by atoms with Crippen LogP contribution in [0.3, 0.4) is 0 Å². The fourth-order valence-corrected chi connectivity index (χ4v) is 4.09. The molecule has 4 rings (SSSR count). The summed E-state index contributed by atoms with van der Waals surface area (Å²) < 4.78 is 46.5. The smallest absolute Gasteiger partial charge is 0.168 e. The molecule has 2 aliphatic rings. The van der Waals surface area contributed by atoms with Gasteiger partial charge in [-0.25, -0.2) is 8.78 Å². The van der Waals surface area contributed by atoms with E-state index in [1.54, 1.807) is 18.2 Å². The van der Waals surface area contributed by atoms with E-state index in [2.05, 4.69) is 0 Å². The van der Waals surface area contributed by atoms with Gasteiger partial charge in [0.05, 0.1) is 19.8 Å².